The summed E-state index contributed by atoms with van der Waals surface area (Å²) in [6.07, 6.45) is 3.96. The Bertz CT molecular complexity index is 704. The molecule has 0 spiro atoms. The van der Waals surface area contributed by atoms with Crippen LogP contribution in [0.25, 0.3) is 5.52 Å². The lowest BCUT2D eigenvalue weighted by atomic mass is 10.0. The van der Waals surface area contributed by atoms with Gasteiger partial charge in [0, 0.05) is 6.54 Å². The van der Waals surface area contributed by atoms with Crippen LogP contribution < -0.4 is 5.32 Å². The van der Waals surface area contributed by atoms with Crippen LogP contribution in [0.4, 0.5) is 10.1 Å². The van der Waals surface area contributed by atoms with Crippen molar-refractivity contribution in [1.82, 2.24) is 9.61 Å². The third-order valence-corrected chi connectivity index (χ3v) is 5.35. The molecule has 2 aromatic heterocycles. The lowest BCUT2D eigenvalue weighted by molar-refractivity contribution is 0.284. The zero-order valence-corrected chi connectivity index (χ0v) is 15.1. The molecule has 0 saturated heterocycles. The van der Waals surface area contributed by atoms with Gasteiger partial charge in [-0.05, 0) is 86.0 Å². The lowest BCUT2D eigenvalue weighted by Gasteiger charge is -2.08. The molecular weight excluding hydrogens is 345 g/mol. The predicted octanol–water partition coefficient (Wildman–Crippen LogP) is 4.97. The quantitative estimate of drug-likeness (QED) is 0.780. The van der Waals surface area contributed by atoms with E-state index in [1.807, 2.05) is 11.4 Å². The van der Waals surface area contributed by atoms with Gasteiger partial charge in [0.25, 0.3) is 0 Å². The third-order valence-electron chi connectivity index (χ3n) is 4.53. The number of alkyl halides is 1. The van der Waals surface area contributed by atoms with Gasteiger partial charge < -0.3 is 5.32 Å². The molecule has 1 saturated carbocycles. The first-order chi connectivity index (χ1) is 10.4. The first-order valence-corrected chi connectivity index (χ1v) is 8.84. The Morgan fingerprint density at radius 1 is 1.41 bits per heavy atom. The molecule has 0 aromatic carbocycles. The van der Waals surface area contributed by atoms with Crippen LogP contribution in [0, 0.1) is 13.8 Å². The molecule has 1 aliphatic rings. The topological polar surface area (TPSA) is 29.3 Å². The van der Waals surface area contributed by atoms with E-state index in [2.05, 4.69) is 46.3 Å². The highest BCUT2D eigenvalue weighted by Crippen LogP contribution is 2.44. The van der Waals surface area contributed by atoms with Crippen LogP contribution in [0.2, 0.25) is 0 Å². The van der Waals surface area contributed by atoms with E-state index in [-0.39, 0.29) is 0 Å². The van der Waals surface area contributed by atoms with Gasteiger partial charge in [0.2, 0.25) is 0 Å². The molecule has 1 fully saturated rings. The number of nitrogens with zero attached hydrogens (tertiary/aromatic N) is 2. The summed E-state index contributed by atoms with van der Waals surface area (Å²) in [6, 6.07) is 2.09. The van der Waals surface area contributed by atoms with Crippen molar-refractivity contribution in [3.63, 3.8) is 0 Å². The van der Waals surface area contributed by atoms with Gasteiger partial charge in [0.05, 0.1) is 16.9 Å². The van der Waals surface area contributed by atoms with Crippen molar-refractivity contribution in [2.24, 2.45) is 0 Å². The molecule has 1 aliphatic carbocycles. The molecule has 3 rings (SSSR count). The van der Waals surface area contributed by atoms with E-state index in [4.69, 9.17) is 0 Å². The number of halogens is 2. The Kier molecular flexibility index (Phi) is 4.19. The number of anilines is 1. The highest BCUT2D eigenvalue weighted by atomic mass is 79.9. The van der Waals surface area contributed by atoms with Crippen molar-refractivity contribution in [1.29, 1.82) is 0 Å². The van der Waals surface area contributed by atoms with Crippen LogP contribution >= 0.6 is 15.9 Å². The van der Waals surface area contributed by atoms with E-state index < -0.39 is 5.67 Å². The van der Waals surface area contributed by atoms with Gasteiger partial charge >= 0.3 is 0 Å². The molecule has 120 valence electrons. The summed E-state index contributed by atoms with van der Waals surface area (Å²) in [4.78, 5) is 0. The first kappa shape index (κ1) is 15.8. The summed E-state index contributed by atoms with van der Waals surface area (Å²) in [5.74, 6) is 0. The predicted molar refractivity (Wildman–Crippen MR) is 92.5 cm³/mol. The molecule has 1 N–H and O–H groups in total. The minimum atomic E-state index is -0.858. The van der Waals surface area contributed by atoms with E-state index in [0.717, 1.165) is 53.7 Å². The fraction of sp³-hybridized carbons (Fsp3) is 0.588. The van der Waals surface area contributed by atoms with E-state index in [9.17, 15) is 4.39 Å². The summed E-state index contributed by atoms with van der Waals surface area (Å²) >= 11 is 3.70. The molecule has 3 nitrogen and oxygen atoms in total. The molecule has 0 atom stereocenters. The molecular formula is C17H23BrFN3. The minimum absolute atomic E-state index is 0.678. The number of fused-ring (bicyclic) bond motifs is 1. The van der Waals surface area contributed by atoms with Crippen LogP contribution in [0.5, 0.6) is 0 Å². The maximum absolute atomic E-state index is 13.8. The zero-order valence-electron chi connectivity index (χ0n) is 13.5. The van der Waals surface area contributed by atoms with Crippen molar-refractivity contribution in [2.75, 3.05) is 11.9 Å². The molecule has 0 radical (unpaired) electrons. The lowest BCUT2D eigenvalue weighted by Crippen LogP contribution is -2.03. The molecule has 0 amide bonds. The molecule has 22 heavy (non-hydrogen) atoms. The summed E-state index contributed by atoms with van der Waals surface area (Å²) in [5.41, 5.74) is 4.84. The number of aromatic nitrogens is 2. The average molecular weight is 368 g/mol. The van der Waals surface area contributed by atoms with Crippen molar-refractivity contribution in [2.45, 2.75) is 58.5 Å². The molecule has 2 aromatic rings. The second-order valence-electron chi connectivity index (χ2n) is 6.39. The smallest absolute Gasteiger partial charge is 0.111 e. The molecule has 0 aliphatic heterocycles. The van der Waals surface area contributed by atoms with Crippen molar-refractivity contribution in [3.05, 3.63) is 27.5 Å². The molecule has 2 heterocycles. The average Bonchev–Trinajstić information content (AvgIpc) is 3.14. The normalized spacial score (nSPS) is 16.2. The zero-order chi connectivity index (χ0) is 15.9. The molecule has 0 unspecified atom stereocenters. The van der Waals surface area contributed by atoms with Gasteiger partial charge in [-0.15, -0.1) is 0 Å². The van der Waals surface area contributed by atoms with Gasteiger partial charge in [0.15, 0.2) is 0 Å². The van der Waals surface area contributed by atoms with Gasteiger partial charge in [-0.25, -0.2) is 8.91 Å². The van der Waals surface area contributed by atoms with Crippen LogP contribution in [0.15, 0.2) is 10.7 Å². The Balaban J connectivity index is 1.94. The number of hydrogen-bond acceptors (Lipinski definition) is 2. The van der Waals surface area contributed by atoms with Crippen LogP contribution in [-0.4, -0.2) is 21.8 Å². The van der Waals surface area contributed by atoms with Crippen LogP contribution in [-0.2, 0) is 6.42 Å². The first-order valence-electron chi connectivity index (χ1n) is 8.05. The summed E-state index contributed by atoms with van der Waals surface area (Å²) in [5, 5.41) is 8.05. The van der Waals surface area contributed by atoms with E-state index in [1.165, 1.54) is 11.1 Å². The Morgan fingerprint density at radius 2 is 2.14 bits per heavy atom. The van der Waals surface area contributed by atoms with Crippen molar-refractivity contribution >= 4 is 27.1 Å². The molecule has 0 bridgehead atoms. The third kappa shape index (κ3) is 2.87. The monoisotopic (exact) mass is 367 g/mol. The van der Waals surface area contributed by atoms with Crippen LogP contribution in [0.3, 0.4) is 0 Å². The highest BCUT2D eigenvalue weighted by molar-refractivity contribution is 9.10. The number of hydrogen-bond donors (Lipinski definition) is 1. The fourth-order valence-electron chi connectivity index (χ4n) is 3.14. The Labute approximate surface area is 139 Å². The summed E-state index contributed by atoms with van der Waals surface area (Å²) < 4.78 is 16.8. The largest absolute Gasteiger partial charge is 0.384 e. The Hall–Kier alpha value is -1.10. The maximum Gasteiger partial charge on any atom is 0.111 e. The standard InChI is InChI=1S/C17H23BrFN3/c1-4-20-14-10-11(2)21-22-15(14)12(3)13(16(22)18)6-5-7-17(19)8-9-17/h10,20H,4-9H2,1-3H3. The number of aryl methyl sites for hydroxylation is 2. The van der Waals surface area contributed by atoms with Gasteiger partial charge in [-0.1, -0.05) is 0 Å². The minimum Gasteiger partial charge on any atom is -0.384 e. The van der Waals surface area contributed by atoms with E-state index in [1.54, 1.807) is 0 Å². The second kappa shape index (κ2) is 5.84. The molecule has 5 heteroatoms. The van der Waals surface area contributed by atoms with E-state index in [0.29, 0.717) is 6.42 Å². The summed E-state index contributed by atoms with van der Waals surface area (Å²) in [7, 11) is 0. The van der Waals surface area contributed by atoms with Gasteiger partial charge in [-0.2, -0.15) is 5.10 Å². The number of nitrogens with one attached hydrogen (secondary N) is 1. The SMILES string of the molecule is CCNc1cc(C)nn2c(Br)c(CCCC3(F)CC3)c(C)c12. The van der Waals surface area contributed by atoms with Crippen molar-refractivity contribution in [3.8, 4) is 0 Å². The summed E-state index contributed by atoms with van der Waals surface area (Å²) in [6.45, 7) is 7.11. The fourth-order valence-corrected chi connectivity index (χ4v) is 3.89. The number of rotatable bonds is 6. The van der Waals surface area contributed by atoms with Gasteiger partial charge in [0.1, 0.15) is 10.3 Å². The van der Waals surface area contributed by atoms with Crippen molar-refractivity contribution < 1.29 is 4.39 Å². The van der Waals surface area contributed by atoms with E-state index >= 15 is 0 Å². The maximum atomic E-state index is 13.8. The van der Waals surface area contributed by atoms with Gasteiger partial charge in [-0.3, -0.25) is 0 Å². The van der Waals surface area contributed by atoms with Crippen LogP contribution in [0.1, 0.15) is 49.4 Å². The Morgan fingerprint density at radius 3 is 2.77 bits per heavy atom. The second-order valence-corrected chi connectivity index (χ2v) is 7.14. The highest BCUT2D eigenvalue weighted by Gasteiger charge is 2.42.